The first-order valence-electron chi connectivity index (χ1n) is 16.0. The predicted octanol–water partition coefficient (Wildman–Crippen LogP) is 5.82. The molecule has 2 bridgehead atoms. The number of hydrogen-bond acceptors (Lipinski definition) is 6. The number of fused-ring (bicyclic) bond motifs is 2. The Labute approximate surface area is 247 Å². The Morgan fingerprint density at radius 2 is 1.51 bits per heavy atom. The lowest BCUT2D eigenvalue weighted by Crippen LogP contribution is -2.68. The molecule has 0 aromatic rings. The second kappa shape index (κ2) is 11.9. The Kier molecular flexibility index (Phi) is 9.19. The minimum Gasteiger partial charge on any atom is -0.549 e. The van der Waals surface area contributed by atoms with E-state index in [1.54, 1.807) is 0 Å². The third kappa shape index (κ3) is 6.03. The smallest absolute Gasteiger partial charge is 0.518 e. The zero-order chi connectivity index (χ0) is 30.4. The van der Waals surface area contributed by atoms with Crippen LogP contribution in [0.4, 0.5) is 4.79 Å². The van der Waals surface area contributed by atoms with Crippen molar-refractivity contribution in [3.8, 4) is 0 Å². The lowest BCUT2D eigenvalue weighted by Gasteiger charge is -2.50. The number of nitrogens with zero attached hydrogens (tertiary/aromatic N) is 1. The molecule has 3 fully saturated rings. The molecule has 4 rings (SSSR count). The highest BCUT2D eigenvalue weighted by atomic mass is 16.6. The van der Waals surface area contributed by atoms with Crippen molar-refractivity contribution in [2.24, 2.45) is 41.4 Å². The fourth-order valence-electron chi connectivity index (χ4n) is 8.59. The molecule has 0 aromatic heterocycles. The van der Waals surface area contributed by atoms with Crippen molar-refractivity contribution in [2.75, 3.05) is 0 Å². The van der Waals surface area contributed by atoms with Crippen LogP contribution in [-0.2, 0) is 19.1 Å². The molecule has 7 nitrogen and oxygen atoms in total. The van der Waals surface area contributed by atoms with Crippen molar-refractivity contribution in [1.82, 2.24) is 0 Å². The minimum absolute atomic E-state index is 0.128. The second-order valence-electron chi connectivity index (χ2n) is 15.3. The molecule has 0 aromatic carbocycles. The van der Waals surface area contributed by atoms with Crippen molar-refractivity contribution < 1.29 is 33.4 Å². The second-order valence-corrected chi connectivity index (χ2v) is 15.3. The summed E-state index contributed by atoms with van der Waals surface area (Å²) in [7, 11) is 0. The van der Waals surface area contributed by atoms with Crippen LogP contribution in [0.1, 0.15) is 101 Å². The molecule has 41 heavy (non-hydrogen) atoms. The molecule has 2 aliphatic heterocycles. The highest BCUT2D eigenvalue weighted by molar-refractivity contribution is 5.87. The molecule has 0 radical (unpaired) electrons. The summed E-state index contributed by atoms with van der Waals surface area (Å²) in [4.78, 5) is 40.8. The molecular formula is C34H53NO6. The number of esters is 1. The standard InChI is InChI=1S/C34H53NO6/c1-19(2)23-12-10-21(5)16-28(23)35(33(39)41-34(7,8)9)26-14-15-27(35)31(32(37)38)25(26)18-30(36)40-29-17-22(6)11-13-24(29)20(3)4/h14-15,18-24,26-29,31H,10-13,16-17H2,1-9H3/b25-18+/t21-,22?,23-,24?,26-,27?,28+,29?,31?,35?/m1/s1. The fraction of sp³-hybridized carbons (Fsp3) is 0.794. The topological polar surface area (TPSA) is 92.7 Å². The third-order valence-corrected chi connectivity index (χ3v) is 10.5. The maximum Gasteiger partial charge on any atom is 0.518 e. The maximum absolute atomic E-state index is 14.4. The van der Waals surface area contributed by atoms with Crippen molar-refractivity contribution >= 4 is 18.0 Å². The number of amides is 1. The van der Waals surface area contributed by atoms with Gasteiger partial charge in [-0.15, -0.1) is 0 Å². The molecule has 10 atom stereocenters. The third-order valence-electron chi connectivity index (χ3n) is 10.5. The van der Waals surface area contributed by atoms with E-state index in [-0.39, 0.29) is 28.5 Å². The van der Waals surface area contributed by atoms with Crippen molar-refractivity contribution in [3.05, 3.63) is 23.8 Å². The molecular weight excluding hydrogens is 518 g/mol. The summed E-state index contributed by atoms with van der Waals surface area (Å²) in [5, 5.41) is 12.8. The first-order valence-corrected chi connectivity index (χ1v) is 16.0. The van der Waals surface area contributed by atoms with Crippen LogP contribution in [0, 0.1) is 41.4 Å². The Bertz CT molecular complexity index is 1070. The van der Waals surface area contributed by atoms with Gasteiger partial charge in [-0.25, -0.2) is 9.28 Å². The van der Waals surface area contributed by atoms with Crippen LogP contribution in [0.15, 0.2) is 23.8 Å². The number of carboxylic acid groups (broad SMARTS) is 1. The highest BCUT2D eigenvalue weighted by Gasteiger charge is 2.70. The van der Waals surface area contributed by atoms with E-state index in [4.69, 9.17) is 9.47 Å². The van der Waals surface area contributed by atoms with Crippen LogP contribution in [0.3, 0.4) is 0 Å². The normalized spacial score (nSPS) is 39.9. The Morgan fingerprint density at radius 3 is 2.07 bits per heavy atom. The van der Waals surface area contributed by atoms with Gasteiger partial charge in [-0.2, -0.15) is 4.79 Å². The molecule has 1 saturated heterocycles. The van der Waals surface area contributed by atoms with Crippen molar-refractivity contribution in [2.45, 2.75) is 131 Å². The predicted molar refractivity (Wildman–Crippen MR) is 156 cm³/mol. The number of quaternary nitrogens is 1. The first kappa shape index (κ1) is 31.8. The number of ether oxygens (including phenoxy) is 2. The Hall–Kier alpha value is -2.15. The molecule has 2 aliphatic carbocycles. The van der Waals surface area contributed by atoms with E-state index in [2.05, 4.69) is 41.5 Å². The molecule has 230 valence electrons. The summed E-state index contributed by atoms with van der Waals surface area (Å²) < 4.78 is 12.1. The number of aliphatic carboxylic acids is 1. The molecule has 4 aliphatic rings. The molecule has 2 heterocycles. The monoisotopic (exact) mass is 571 g/mol. The van der Waals surface area contributed by atoms with Gasteiger partial charge in [0.05, 0.1) is 11.9 Å². The highest BCUT2D eigenvalue weighted by Crippen LogP contribution is 2.55. The van der Waals surface area contributed by atoms with Crippen molar-refractivity contribution in [3.63, 3.8) is 0 Å². The molecule has 0 N–H and O–H groups in total. The van der Waals surface area contributed by atoms with Gasteiger partial charge in [0.1, 0.15) is 29.8 Å². The molecule has 6 unspecified atom stereocenters. The fourth-order valence-corrected chi connectivity index (χ4v) is 8.59. The van der Waals surface area contributed by atoms with E-state index in [0.717, 1.165) is 38.5 Å². The zero-order valence-corrected chi connectivity index (χ0v) is 26.7. The van der Waals surface area contributed by atoms with Crippen LogP contribution < -0.4 is 5.11 Å². The van der Waals surface area contributed by atoms with E-state index < -0.39 is 41.6 Å². The van der Waals surface area contributed by atoms with Gasteiger partial charge in [-0.1, -0.05) is 48.0 Å². The molecule has 7 heteroatoms. The van der Waals surface area contributed by atoms with E-state index in [9.17, 15) is 19.5 Å². The van der Waals surface area contributed by atoms with Gasteiger partial charge in [-0.3, -0.25) is 0 Å². The first-order chi connectivity index (χ1) is 19.1. The van der Waals surface area contributed by atoms with Crippen LogP contribution in [0.25, 0.3) is 0 Å². The van der Waals surface area contributed by atoms with E-state index >= 15 is 0 Å². The van der Waals surface area contributed by atoms with Gasteiger partial charge >= 0.3 is 12.1 Å². The van der Waals surface area contributed by atoms with Crippen LogP contribution in [0.2, 0.25) is 0 Å². The van der Waals surface area contributed by atoms with Gasteiger partial charge < -0.3 is 19.4 Å². The summed E-state index contributed by atoms with van der Waals surface area (Å²) in [5.41, 5.74) is -0.333. The van der Waals surface area contributed by atoms with Crippen molar-refractivity contribution in [1.29, 1.82) is 0 Å². The Morgan fingerprint density at radius 1 is 0.927 bits per heavy atom. The molecule has 2 saturated carbocycles. The number of carboxylic acids is 1. The lowest BCUT2D eigenvalue weighted by molar-refractivity contribution is -0.905. The number of carbonyl (C=O) groups excluding carboxylic acids is 3. The Balaban J connectivity index is 1.78. The maximum atomic E-state index is 14.4. The summed E-state index contributed by atoms with van der Waals surface area (Å²) in [6, 6.07) is -1.42. The van der Waals surface area contributed by atoms with E-state index in [1.807, 2.05) is 32.9 Å². The van der Waals surface area contributed by atoms with E-state index in [0.29, 0.717) is 29.2 Å². The van der Waals surface area contributed by atoms with Gasteiger partial charge in [0.25, 0.3) is 0 Å². The van der Waals surface area contributed by atoms with Crippen LogP contribution >= 0.6 is 0 Å². The van der Waals surface area contributed by atoms with Gasteiger partial charge in [0.2, 0.25) is 0 Å². The van der Waals surface area contributed by atoms with Crippen LogP contribution in [0.5, 0.6) is 0 Å². The number of carbonyl (C=O) groups is 3. The number of hydrogen-bond donors (Lipinski definition) is 0. The average Bonchev–Trinajstić information content (AvgIpc) is 3.34. The SMILES string of the molecule is CC1CCC(C(C)C)C(OC(=O)/C=C2/C(C(=O)[O-])C3C=C[C@H]2[N+]3(C(=O)OC(C)(C)C)[C@H]2C[C@H](C)CC[C@@H]2C(C)C)C1. The number of rotatable bonds is 6. The average molecular weight is 572 g/mol. The van der Waals surface area contributed by atoms with E-state index in [1.165, 1.54) is 6.08 Å². The lowest BCUT2D eigenvalue weighted by atomic mass is 9.72. The molecule has 1 amide bonds. The molecule has 0 spiro atoms. The van der Waals surface area contributed by atoms with Gasteiger partial charge in [0.15, 0.2) is 0 Å². The summed E-state index contributed by atoms with van der Waals surface area (Å²) in [5.74, 6) is -0.828. The minimum atomic E-state index is -1.26. The summed E-state index contributed by atoms with van der Waals surface area (Å²) in [6.07, 6.45) is 10.4. The largest absolute Gasteiger partial charge is 0.549 e. The van der Waals surface area contributed by atoms with Gasteiger partial charge in [-0.05, 0) is 88.2 Å². The summed E-state index contributed by atoms with van der Waals surface area (Å²) in [6.45, 7) is 18.6. The zero-order valence-electron chi connectivity index (χ0n) is 26.7. The van der Waals surface area contributed by atoms with Gasteiger partial charge in [0, 0.05) is 24.0 Å². The summed E-state index contributed by atoms with van der Waals surface area (Å²) >= 11 is 0. The quantitative estimate of drug-likeness (QED) is 0.173. The van der Waals surface area contributed by atoms with Crippen LogP contribution in [-0.4, -0.2) is 52.3 Å².